The Bertz CT molecular complexity index is 562. The molecule has 2 nitrogen and oxygen atoms in total. The summed E-state index contributed by atoms with van der Waals surface area (Å²) >= 11 is 0. The zero-order valence-corrected chi connectivity index (χ0v) is 9.65. The number of ether oxygens (including phenoxy) is 1. The molecule has 98 valence electrons. The molecule has 0 amide bonds. The largest absolute Gasteiger partial charge is 0.435 e. The maximum absolute atomic E-state index is 12.7. The van der Waals surface area contributed by atoms with Crippen molar-refractivity contribution in [2.45, 2.75) is 6.61 Å². The second-order valence-electron chi connectivity index (χ2n) is 3.74. The van der Waals surface area contributed by atoms with E-state index in [1.807, 2.05) is 0 Å². The maximum Gasteiger partial charge on any atom is 0.387 e. The first-order valence-corrected chi connectivity index (χ1v) is 5.41. The summed E-state index contributed by atoms with van der Waals surface area (Å²) in [6, 6.07) is 10.4. The van der Waals surface area contributed by atoms with E-state index in [1.165, 1.54) is 48.5 Å². The molecule has 0 aliphatic heterocycles. The van der Waals surface area contributed by atoms with Gasteiger partial charge in [0.05, 0.1) is 0 Å². The van der Waals surface area contributed by atoms with Gasteiger partial charge >= 0.3 is 6.61 Å². The third kappa shape index (κ3) is 3.34. The van der Waals surface area contributed by atoms with E-state index in [-0.39, 0.29) is 11.5 Å². The number of rotatable bonds is 4. The Hall–Kier alpha value is -2.30. The van der Waals surface area contributed by atoms with Crippen LogP contribution < -0.4 is 4.74 Å². The first-order valence-electron chi connectivity index (χ1n) is 5.41. The molecule has 0 N–H and O–H groups in total. The van der Waals surface area contributed by atoms with Crippen LogP contribution in [0, 0.1) is 5.82 Å². The van der Waals surface area contributed by atoms with Crippen LogP contribution in [0.25, 0.3) is 0 Å². The topological polar surface area (TPSA) is 26.3 Å². The molecule has 0 bridgehead atoms. The molecule has 0 fully saturated rings. The fraction of sp³-hybridized carbons (Fsp3) is 0.0714. The molecule has 5 heteroatoms. The molecule has 0 heterocycles. The van der Waals surface area contributed by atoms with E-state index in [4.69, 9.17) is 0 Å². The van der Waals surface area contributed by atoms with Gasteiger partial charge in [-0.2, -0.15) is 8.78 Å². The summed E-state index contributed by atoms with van der Waals surface area (Å²) < 4.78 is 40.8. The highest BCUT2D eigenvalue weighted by Crippen LogP contribution is 2.17. The van der Waals surface area contributed by atoms with Crippen molar-refractivity contribution >= 4 is 5.78 Å². The van der Waals surface area contributed by atoms with Crippen LogP contribution in [-0.2, 0) is 0 Å². The summed E-state index contributed by atoms with van der Waals surface area (Å²) in [6.07, 6.45) is 0. The summed E-state index contributed by atoms with van der Waals surface area (Å²) in [4.78, 5) is 12.0. The molecule has 0 radical (unpaired) electrons. The number of alkyl halides is 2. The number of hydrogen-bond acceptors (Lipinski definition) is 2. The smallest absolute Gasteiger partial charge is 0.387 e. The third-order valence-electron chi connectivity index (χ3n) is 2.45. The molecular weight excluding hydrogens is 257 g/mol. The quantitative estimate of drug-likeness (QED) is 0.789. The summed E-state index contributed by atoms with van der Waals surface area (Å²) in [5.41, 5.74) is 0.636. The minimum absolute atomic E-state index is 0.0225. The molecule has 0 aliphatic carbocycles. The van der Waals surface area contributed by atoms with Gasteiger partial charge in [0.25, 0.3) is 0 Å². The van der Waals surface area contributed by atoms with Crippen LogP contribution in [0.3, 0.4) is 0 Å². The van der Waals surface area contributed by atoms with Crippen molar-refractivity contribution in [2.75, 3.05) is 0 Å². The van der Waals surface area contributed by atoms with Gasteiger partial charge in [-0.05, 0) is 48.5 Å². The summed E-state index contributed by atoms with van der Waals surface area (Å²) in [5, 5.41) is 0. The zero-order chi connectivity index (χ0) is 13.8. The Morgan fingerprint density at radius 3 is 1.84 bits per heavy atom. The van der Waals surface area contributed by atoms with Crippen LogP contribution in [0.1, 0.15) is 15.9 Å². The Morgan fingerprint density at radius 2 is 1.37 bits per heavy atom. The van der Waals surface area contributed by atoms with Gasteiger partial charge in [0.15, 0.2) is 5.78 Å². The molecule has 2 aromatic rings. The van der Waals surface area contributed by atoms with Gasteiger partial charge in [0.2, 0.25) is 0 Å². The first kappa shape index (κ1) is 13.1. The highest BCUT2D eigenvalue weighted by molar-refractivity contribution is 6.08. The maximum atomic E-state index is 12.7. The van der Waals surface area contributed by atoms with E-state index in [1.54, 1.807) is 0 Å². The molecule has 0 aromatic heterocycles. The van der Waals surface area contributed by atoms with E-state index in [2.05, 4.69) is 4.74 Å². The number of carbonyl (C=O) groups excluding carboxylic acids is 1. The van der Waals surface area contributed by atoms with E-state index in [0.717, 1.165) is 0 Å². The average Bonchev–Trinajstić information content (AvgIpc) is 2.39. The molecule has 0 spiro atoms. The SMILES string of the molecule is O=C(c1ccc(F)cc1)c1ccc(OC(F)F)cc1. The number of ketones is 1. The van der Waals surface area contributed by atoms with Crippen molar-refractivity contribution in [3.63, 3.8) is 0 Å². The van der Waals surface area contributed by atoms with Crippen molar-refractivity contribution in [1.29, 1.82) is 0 Å². The Labute approximate surface area is 107 Å². The van der Waals surface area contributed by atoms with Gasteiger partial charge in [-0.1, -0.05) is 0 Å². The van der Waals surface area contributed by atoms with Gasteiger partial charge in [-0.25, -0.2) is 4.39 Å². The standard InChI is InChI=1S/C14H9F3O2/c15-11-5-1-9(2-6-11)13(18)10-3-7-12(8-4-10)19-14(16)17/h1-8,14H. The van der Waals surface area contributed by atoms with Gasteiger partial charge < -0.3 is 4.74 Å². The predicted octanol–water partition coefficient (Wildman–Crippen LogP) is 3.66. The van der Waals surface area contributed by atoms with E-state index in [9.17, 15) is 18.0 Å². The van der Waals surface area contributed by atoms with Crippen LogP contribution in [0.2, 0.25) is 0 Å². The van der Waals surface area contributed by atoms with Crippen LogP contribution in [0.4, 0.5) is 13.2 Å². The number of halogens is 3. The highest BCUT2D eigenvalue weighted by Gasteiger charge is 2.10. The number of benzene rings is 2. The Kier molecular flexibility index (Phi) is 3.85. The van der Waals surface area contributed by atoms with E-state index in [0.29, 0.717) is 11.1 Å². The molecular formula is C14H9F3O2. The Balaban J connectivity index is 2.17. The van der Waals surface area contributed by atoms with Gasteiger partial charge in [-0.3, -0.25) is 4.79 Å². The zero-order valence-electron chi connectivity index (χ0n) is 9.65. The lowest BCUT2D eigenvalue weighted by atomic mass is 10.0. The van der Waals surface area contributed by atoms with E-state index >= 15 is 0 Å². The molecule has 0 atom stereocenters. The summed E-state index contributed by atoms with van der Waals surface area (Å²) in [7, 11) is 0. The molecule has 19 heavy (non-hydrogen) atoms. The normalized spacial score (nSPS) is 10.5. The molecule has 0 unspecified atom stereocenters. The van der Waals surface area contributed by atoms with Crippen LogP contribution in [-0.4, -0.2) is 12.4 Å². The lowest BCUT2D eigenvalue weighted by molar-refractivity contribution is -0.0498. The highest BCUT2D eigenvalue weighted by atomic mass is 19.3. The fourth-order valence-electron chi connectivity index (χ4n) is 1.56. The van der Waals surface area contributed by atoms with Crippen molar-refractivity contribution in [1.82, 2.24) is 0 Å². The number of carbonyl (C=O) groups is 1. The predicted molar refractivity (Wildman–Crippen MR) is 62.9 cm³/mol. The fourth-order valence-corrected chi connectivity index (χ4v) is 1.56. The minimum atomic E-state index is -2.90. The lowest BCUT2D eigenvalue weighted by Gasteiger charge is -2.05. The third-order valence-corrected chi connectivity index (χ3v) is 2.45. The van der Waals surface area contributed by atoms with Crippen LogP contribution in [0.15, 0.2) is 48.5 Å². The second kappa shape index (κ2) is 5.56. The molecule has 2 aromatic carbocycles. The second-order valence-corrected chi connectivity index (χ2v) is 3.74. The summed E-state index contributed by atoms with van der Waals surface area (Å²) in [6.45, 7) is -2.90. The molecule has 2 rings (SSSR count). The van der Waals surface area contributed by atoms with Gasteiger partial charge in [0.1, 0.15) is 11.6 Å². The van der Waals surface area contributed by atoms with Crippen molar-refractivity contribution in [2.24, 2.45) is 0 Å². The lowest BCUT2D eigenvalue weighted by Crippen LogP contribution is -2.04. The van der Waals surface area contributed by atoms with Crippen molar-refractivity contribution in [3.05, 3.63) is 65.5 Å². The molecule has 0 saturated heterocycles. The van der Waals surface area contributed by atoms with Crippen LogP contribution in [0.5, 0.6) is 5.75 Å². The van der Waals surface area contributed by atoms with Gasteiger partial charge in [-0.15, -0.1) is 0 Å². The monoisotopic (exact) mass is 266 g/mol. The Morgan fingerprint density at radius 1 is 0.895 bits per heavy atom. The average molecular weight is 266 g/mol. The van der Waals surface area contributed by atoms with Gasteiger partial charge in [0, 0.05) is 11.1 Å². The summed E-state index contributed by atoms with van der Waals surface area (Å²) in [5.74, 6) is -0.772. The first-order chi connectivity index (χ1) is 9.06. The van der Waals surface area contributed by atoms with Crippen molar-refractivity contribution < 1.29 is 22.7 Å². The van der Waals surface area contributed by atoms with E-state index < -0.39 is 12.4 Å². The molecule has 0 saturated carbocycles. The van der Waals surface area contributed by atoms with Crippen LogP contribution >= 0.6 is 0 Å². The number of hydrogen-bond donors (Lipinski definition) is 0. The minimum Gasteiger partial charge on any atom is -0.435 e. The van der Waals surface area contributed by atoms with Crippen molar-refractivity contribution in [3.8, 4) is 5.75 Å². The molecule has 0 aliphatic rings.